The lowest BCUT2D eigenvalue weighted by Gasteiger charge is -2.16. The van der Waals surface area contributed by atoms with Gasteiger partial charge in [-0.05, 0) is 50.2 Å². The van der Waals surface area contributed by atoms with Crippen molar-refractivity contribution >= 4 is 17.7 Å². The molecule has 0 spiro atoms. The highest BCUT2D eigenvalue weighted by Crippen LogP contribution is 2.42. The number of thioether (sulfide) groups is 1. The first kappa shape index (κ1) is 24.2. The summed E-state index contributed by atoms with van der Waals surface area (Å²) in [5.74, 6) is 2.40. The van der Waals surface area contributed by atoms with Crippen LogP contribution in [0.15, 0.2) is 41.6 Å². The van der Waals surface area contributed by atoms with E-state index in [1.165, 1.54) is 18.9 Å². The van der Waals surface area contributed by atoms with Gasteiger partial charge in [0.05, 0.1) is 35.0 Å². The predicted octanol–water partition coefficient (Wildman–Crippen LogP) is 4.01. The molecule has 0 radical (unpaired) electrons. The number of nitrogens with zero attached hydrogens (tertiary/aromatic N) is 3. The minimum atomic E-state index is -0.478. The molecule has 33 heavy (non-hydrogen) atoms. The van der Waals surface area contributed by atoms with Gasteiger partial charge < -0.3 is 23.7 Å². The van der Waals surface area contributed by atoms with E-state index in [0.717, 1.165) is 11.4 Å². The summed E-state index contributed by atoms with van der Waals surface area (Å²) < 4.78 is 28.7. The van der Waals surface area contributed by atoms with Crippen molar-refractivity contribution in [3.05, 3.63) is 36.4 Å². The highest BCUT2D eigenvalue weighted by molar-refractivity contribution is 8.00. The van der Waals surface area contributed by atoms with Crippen LogP contribution in [-0.2, 0) is 9.53 Å². The fraction of sp³-hybridized carbons (Fsp3) is 0.348. The Morgan fingerprint density at radius 2 is 1.64 bits per heavy atom. The topological polar surface area (TPSA) is 93.9 Å². The molecule has 0 saturated heterocycles. The number of hydrogen-bond acceptors (Lipinski definition) is 9. The molecule has 1 heterocycles. The minimum Gasteiger partial charge on any atom is -0.494 e. The first-order valence-electron chi connectivity index (χ1n) is 10.2. The molecule has 0 aliphatic carbocycles. The van der Waals surface area contributed by atoms with Gasteiger partial charge in [0.1, 0.15) is 11.0 Å². The average molecular weight is 474 g/mol. The summed E-state index contributed by atoms with van der Waals surface area (Å²) in [6, 6.07) is 11.2. The van der Waals surface area contributed by atoms with E-state index in [0.29, 0.717) is 40.4 Å². The third-order valence-electron chi connectivity index (χ3n) is 4.78. The van der Waals surface area contributed by atoms with Crippen LogP contribution in [0.25, 0.3) is 17.1 Å². The molecule has 0 N–H and O–H groups in total. The van der Waals surface area contributed by atoms with Gasteiger partial charge >= 0.3 is 5.97 Å². The van der Waals surface area contributed by atoms with Crippen molar-refractivity contribution in [2.24, 2.45) is 0 Å². The van der Waals surface area contributed by atoms with Crippen molar-refractivity contribution in [2.75, 3.05) is 35.0 Å². The maximum Gasteiger partial charge on any atom is 0.318 e. The third kappa shape index (κ3) is 5.16. The summed E-state index contributed by atoms with van der Waals surface area (Å²) in [4.78, 5) is 12.0. The number of hydrogen-bond donors (Lipinski definition) is 0. The van der Waals surface area contributed by atoms with Crippen LogP contribution >= 0.6 is 11.8 Å². The second kappa shape index (κ2) is 11.0. The van der Waals surface area contributed by atoms with Gasteiger partial charge in [-0.25, -0.2) is 0 Å². The van der Waals surface area contributed by atoms with Crippen LogP contribution in [-0.4, -0.2) is 61.0 Å². The van der Waals surface area contributed by atoms with Gasteiger partial charge in [0.25, 0.3) is 0 Å². The zero-order chi connectivity index (χ0) is 24.0. The quantitative estimate of drug-likeness (QED) is 0.320. The normalized spacial score (nSPS) is 11.6. The summed E-state index contributed by atoms with van der Waals surface area (Å²) >= 11 is 1.25. The molecule has 0 fully saturated rings. The van der Waals surface area contributed by atoms with E-state index in [2.05, 4.69) is 10.2 Å². The first-order valence-corrected chi connectivity index (χ1v) is 11.1. The summed E-state index contributed by atoms with van der Waals surface area (Å²) in [5, 5.41) is 8.84. The van der Waals surface area contributed by atoms with E-state index in [-0.39, 0.29) is 5.97 Å². The van der Waals surface area contributed by atoms with Crippen LogP contribution in [0.5, 0.6) is 23.0 Å². The standard InChI is InChI=1S/C23H27N3O6S/c1-7-32-17-10-8-16(9-11-17)26-21(24-25-23(26)33-14(2)22(27)31-6)15-12-18(28-3)20(30-5)19(13-15)29-4/h8-14H,7H2,1-6H3. The number of benzene rings is 2. The fourth-order valence-electron chi connectivity index (χ4n) is 3.21. The van der Waals surface area contributed by atoms with Crippen molar-refractivity contribution in [2.45, 2.75) is 24.3 Å². The van der Waals surface area contributed by atoms with E-state index in [4.69, 9.17) is 23.7 Å². The van der Waals surface area contributed by atoms with Crippen molar-refractivity contribution < 1.29 is 28.5 Å². The molecule has 0 amide bonds. The molecule has 0 aliphatic heterocycles. The Labute approximate surface area is 197 Å². The van der Waals surface area contributed by atoms with Gasteiger partial charge in [-0.15, -0.1) is 10.2 Å². The number of methoxy groups -OCH3 is 4. The van der Waals surface area contributed by atoms with E-state index < -0.39 is 5.25 Å². The predicted molar refractivity (Wildman–Crippen MR) is 125 cm³/mol. The second-order valence-corrected chi connectivity index (χ2v) is 8.07. The molecule has 176 valence electrons. The number of carbonyl (C=O) groups is 1. The Morgan fingerprint density at radius 1 is 1.00 bits per heavy atom. The highest BCUT2D eigenvalue weighted by Gasteiger charge is 2.24. The van der Waals surface area contributed by atoms with E-state index in [1.807, 2.05) is 35.8 Å². The SMILES string of the molecule is CCOc1ccc(-n2c(SC(C)C(=O)OC)nnc2-c2cc(OC)c(OC)c(OC)c2)cc1. The number of carbonyl (C=O) groups excluding carboxylic acids is 1. The molecule has 9 nitrogen and oxygen atoms in total. The lowest BCUT2D eigenvalue weighted by molar-refractivity contribution is -0.139. The van der Waals surface area contributed by atoms with Gasteiger partial charge in [0.2, 0.25) is 5.75 Å². The first-order chi connectivity index (χ1) is 16.0. The van der Waals surface area contributed by atoms with Crippen molar-refractivity contribution in [3.63, 3.8) is 0 Å². The Balaban J connectivity index is 2.17. The van der Waals surface area contributed by atoms with Crippen LogP contribution in [0.1, 0.15) is 13.8 Å². The third-order valence-corrected chi connectivity index (χ3v) is 5.80. The smallest absolute Gasteiger partial charge is 0.318 e. The molecule has 1 unspecified atom stereocenters. The lowest BCUT2D eigenvalue weighted by atomic mass is 10.1. The zero-order valence-corrected chi connectivity index (χ0v) is 20.3. The largest absolute Gasteiger partial charge is 0.494 e. The number of aromatic nitrogens is 3. The molecule has 3 aromatic rings. The molecular weight excluding hydrogens is 446 g/mol. The van der Waals surface area contributed by atoms with Gasteiger partial charge in [-0.2, -0.15) is 0 Å². The van der Waals surface area contributed by atoms with Gasteiger partial charge in [0.15, 0.2) is 22.5 Å². The van der Waals surface area contributed by atoms with Crippen molar-refractivity contribution in [1.29, 1.82) is 0 Å². The second-order valence-electron chi connectivity index (χ2n) is 6.77. The van der Waals surface area contributed by atoms with Crippen LogP contribution in [0.2, 0.25) is 0 Å². The van der Waals surface area contributed by atoms with Gasteiger partial charge in [-0.3, -0.25) is 9.36 Å². The highest BCUT2D eigenvalue weighted by atomic mass is 32.2. The van der Waals surface area contributed by atoms with E-state index in [9.17, 15) is 4.79 Å². The maximum atomic E-state index is 12.0. The molecule has 2 aromatic carbocycles. The molecule has 1 atom stereocenters. The minimum absolute atomic E-state index is 0.351. The van der Waals surface area contributed by atoms with Gasteiger partial charge in [-0.1, -0.05) is 11.8 Å². The molecule has 0 bridgehead atoms. The summed E-state index contributed by atoms with van der Waals surface area (Å²) in [6.45, 7) is 4.26. The van der Waals surface area contributed by atoms with Crippen molar-refractivity contribution in [3.8, 4) is 40.1 Å². The fourth-order valence-corrected chi connectivity index (χ4v) is 4.10. The Hall–Kier alpha value is -3.40. The molecule has 1 aromatic heterocycles. The van der Waals surface area contributed by atoms with E-state index in [1.54, 1.807) is 40.4 Å². The van der Waals surface area contributed by atoms with Crippen LogP contribution < -0.4 is 18.9 Å². The number of ether oxygens (including phenoxy) is 5. The molecule has 10 heteroatoms. The Bertz CT molecular complexity index is 1080. The summed E-state index contributed by atoms with van der Waals surface area (Å²) in [7, 11) is 6.01. The molecule has 3 rings (SSSR count). The maximum absolute atomic E-state index is 12.0. The Morgan fingerprint density at radius 3 is 2.15 bits per heavy atom. The molecule has 0 saturated carbocycles. The Kier molecular flexibility index (Phi) is 8.05. The van der Waals surface area contributed by atoms with Crippen LogP contribution in [0.3, 0.4) is 0 Å². The zero-order valence-electron chi connectivity index (χ0n) is 19.4. The summed E-state index contributed by atoms with van der Waals surface area (Å²) in [5.41, 5.74) is 1.50. The van der Waals surface area contributed by atoms with Gasteiger partial charge in [0, 0.05) is 11.3 Å². The van der Waals surface area contributed by atoms with Crippen LogP contribution in [0.4, 0.5) is 0 Å². The van der Waals surface area contributed by atoms with Crippen molar-refractivity contribution in [1.82, 2.24) is 14.8 Å². The van der Waals surface area contributed by atoms with Crippen LogP contribution in [0, 0.1) is 0 Å². The average Bonchev–Trinajstić information content (AvgIpc) is 3.26. The van der Waals surface area contributed by atoms with E-state index >= 15 is 0 Å². The monoisotopic (exact) mass is 473 g/mol. The molecule has 0 aliphatic rings. The number of rotatable bonds is 10. The lowest BCUT2D eigenvalue weighted by Crippen LogP contribution is -2.15. The number of esters is 1. The molecular formula is C23H27N3O6S. The summed E-state index contributed by atoms with van der Waals surface area (Å²) in [6.07, 6.45) is 0.